The summed E-state index contributed by atoms with van der Waals surface area (Å²) in [4.78, 5) is 50.1. The van der Waals surface area contributed by atoms with Crippen LogP contribution >= 0.6 is 23.2 Å². The maximum atomic E-state index is 12.8. The van der Waals surface area contributed by atoms with Gasteiger partial charge in [0.25, 0.3) is 11.8 Å². The average molecular weight is 690 g/mol. The van der Waals surface area contributed by atoms with E-state index in [1.165, 1.54) is 28.1 Å². The lowest BCUT2D eigenvalue weighted by Crippen LogP contribution is -2.31. The molecule has 12 nitrogen and oxygen atoms in total. The van der Waals surface area contributed by atoms with Gasteiger partial charge in [0, 0.05) is 0 Å². The summed E-state index contributed by atoms with van der Waals surface area (Å²) < 4.78 is 10.5. The van der Waals surface area contributed by atoms with E-state index in [1.54, 1.807) is 84.9 Å². The normalized spacial score (nSPS) is 12.4. The van der Waals surface area contributed by atoms with Gasteiger partial charge in [0.05, 0.1) is 35.6 Å². The van der Waals surface area contributed by atoms with Gasteiger partial charge in [0.15, 0.2) is 11.6 Å². The number of rotatable bonds is 13. The number of amides is 2. The highest BCUT2D eigenvalue weighted by Crippen LogP contribution is 2.35. The fourth-order valence-electron chi connectivity index (χ4n) is 4.31. The van der Waals surface area contributed by atoms with E-state index in [0.717, 1.165) is 0 Å². The molecule has 0 fully saturated rings. The number of methoxy groups -OCH3 is 2. The van der Waals surface area contributed by atoms with Gasteiger partial charge in [-0.2, -0.15) is 20.5 Å². The molecule has 0 saturated carbocycles. The molecule has 0 radical (unpaired) electrons. The number of nitrogens with zero attached hydrogens (tertiary/aromatic N) is 4. The van der Waals surface area contributed by atoms with E-state index in [0.29, 0.717) is 34.0 Å². The van der Waals surface area contributed by atoms with Crippen LogP contribution in [0.4, 0.5) is 22.7 Å². The Hall–Kier alpha value is -5.46. The molecule has 4 aromatic carbocycles. The van der Waals surface area contributed by atoms with Gasteiger partial charge in [-0.25, -0.2) is 0 Å². The molecule has 0 spiro atoms. The summed E-state index contributed by atoms with van der Waals surface area (Å²) in [5, 5.41) is 21.7. The van der Waals surface area contributed by atoms with Crippen molar-refractivity contribution in [1.82, 2.24) is 0 Å². The number of nitrogens with one attached hydrogen (secondary N) is 2. The van der Waals surface area contributed by atoms with Crippen molar-refractivity contribution in [1.29, 1.82) is 0 Å². The summed E-state index contributed by atoms with van der Waals surface area (Å²) in [6.45, 7) is 2.47. The first kappa shape index (κ1) is 35.4. The number of benzene rings is 4. The first-order valence-corrected chi connectivity index (χ1v) is 15.1. The number of carbonyl (C=O) groups excluding carboxylic acids is 4. The standard InChI is InChI=1S/C34H30Cl2N6O6/c1-19(43)31(33(45)37-27-9-5-7-11-29(27)47-3)41-39-25-15-13-21(17-23(25)35)22-14-16-26(24(36)18-22)40-42-32(20(2)44)34(46)38-28-10-6-8-12-30(28)48-4/h5-18,31-32H,1-4H3,(H,37,45)(H,38,46)/b41-39+,42-40+. The molecule has 0 saturated heterocycles. The zero-order chi connectivity index (χ0) is 34.8. The van der Waals surface area contributed by atoms with Crippen LogP contribution in [0.1, 0.15) is 13.8 Å². The summed E-state index contributed by atoms with van der Waals surface area (Å²) in [5.41, 5.74) is 2.56. The van der Waals surface area contributed by atoms with E-state index in [9.17, 15) is 19.2 Å². The molecule has 2 unspecified atom stereocenters. The largest absolute Gasteiger partial charge is 0.495 e. The maximum absolute atomic E-state index is 12.8. The zero-order valence-electron chi connectivity index (χ0n) is 26.2. The number of ketones is 2. The fourth-order valence-corrected chi connectivity index (χ4v) is 4.75. The molecule has 0 heterocycles. The smallest absolute Gasteiger partial charge is 0.258 e. The predicted octanol–water partition coefficient (Wildman–Crippen LogP) is 8.04. The van der Waals surface area contributed by atoms with Crippen LogP contribution < -0.4 is 20.1 Å². The number of azo groups is 2. The lowest BCUT2D eigenvalue weighted by molar-refractivity contribution is -0.127. The van der Waals surface area contributed by atoms with Crippen molar-refractivity contribution < 1.29 is 28.7 Å². The minimum absolute atomic E-state index is 0.203. The van der Waals surface area contributed by atoms with Crippen LogP contribution in [0.5, 0.6) is 11.5 Å². The van der Waals surface area contributed by atoms with E-state index in [1.807, 2.05) is 0 Å². The van der Waals surface area contributed by atoms with E-state index in [-0.39, 0.29) is 21.4 Å². The molecule has 4 aromatic rings. The zero-order valence-corrected chi connectivity index (χ0v) is 27.7. The Morgan fingerprint density at radius 2 is 0.979 bits per heavy atom. The molecule has 4 rings (SSSR count). The second-order valence-corrected chi connectivity index (χ2v) is 11.0. The lowest BCUT2D eigenvalue weighted by Gasteiger charge is -2.12. The second kappa shape index (κ2) is 16.4. The number of Topliss-reactive ketones (excluding diaryl/α,β-unsaturated/α-hetero) is 2. The molecular formula is C34H30Cl2N6O6. The van der Waals surface area contributed by atoms with Crippen LogP contribution in [-0.4, -0.2) is 49.7 Å². The number of carbonyl (C=O) groups is 4. The van der Waals surface area contributed by atoms with Crippen LogP contribution in [0.2, 0.25) is 10.0 Å². The van der Waals surface area contributed by atoms with Gasteiger partial charge in [-0.05, 0) is 73.5 Å². The molecule has 48 heavy (non-hydrogen) atoms. The minimum Gasteiger partial charge on any atom is -0.495 e. The van der Waals surface area contributed by atoms with Crippen LogP contribution in [0.15, 0.2) is 105 Å². The quantitative estimate of drug-likeness (QED) is 0.107. The van der Waals surface area contributed by atoms with Gasteiger partial charge in [-0.1, -0.05) is 59.6 Å². The van der Waals surface area contributed by atoms with E-state index in [2.05, 4.69) is 31.1 Å². The average Bonchev–Trinajstić information content (AvgIpc) is 3.06. The maximum Gasteiger partial charge on any atom is 0.258 e. The first-order valence-electron chi connectivity index (χ1n) is 14.3. The molecule has 0 bridgehead atoms. The fraction of sp³-hybridized carbons (Fsp3) is 0.176. The molecular weight excluding hydrogens is 659 g/mol. The number of ether oxygens (including phenoxy) is 2. The van der Waals surface area contributed by atoms with Crippen molar-refractivity contribution in [2.75, 3.05) is 24.9 Å². The molecule has 14 heteroatoms. The highest BCUT2D eigenvalue weighted by Gasteiger charge is 2.25. The van der Waals surface area contributed by atoms with E-state index in [4.69, 9.17) is 32.7 Å². The molecule has 2 amide bonds. The Labute approximate surface area is 286 Å². The Balaban J connectivity index is 1.48. The monoisotopic (exact) mass is 688 g/mol. The number of para-hydroxylation sites is 4. The Morgan fingerprint density at radius 3 is 1.31 bits per heavy atom. The Kier molecular flexibility index (Phi) is 12.1. The third kappa shape index (κ3) is 8.87. The Morgan fingerprint density at radius 1 is 0.604 bits per heavy atom. The van der Waals surface area contributed by atoms with E-state index < -0.39 is 35.5 Å². The van der Waals surface area contributed by atoms with Gasteiger partial charge >= 0.3 is 0 Å². The highest BCUT2D eigenvalue weighted by atomic mass is 35.5. The summed E-state index contributed by atoms with van der Waals surface area (Å²) in [6.07, 6.45) is 0. The van der Waals surface area contributed by atoms with Gasteiger partial charge in [-0.15, -0.1) is 0 Å². The van der Waals surface area contributed by atoms with Crippen LogP contribution in [0.3, 0.4) is 0 Å². The molecule has 0 aliphatic rings. The van der Waals surface area contributed by atoms with Crippen molar-refractivity contribution in [2.24, 2.45) is 20.5 Å². The van der Waals surface area contributed by atoms with Crippen molar-refractivity contribution in [3.8, 4) is 22.6 Å². The topological polar surface area (TPSA) is 160 Å². The molecule has 2 atom stereocenters. The predicted molar refractivity (Wildman–Crippen MR) is 183 cm³/mol. The number of hydrogen-bond acceptors (Lipinski definition) is 10. The second-order valence-electron chi connectivity index (χ2n) is 10.2. The Bertz CT molecular complexity index is 1780. The van der Waals surface area contributed by atoms with Gasteiger partial charge in [0.1, 0.15) is 22.9 Å². The van der Waals surface area contributed by atoms with Gasteiger partial charge in [0.2, 0.25) is 12.1 Å². The highest BCUT2D eigenvalue weighted by molar-refractivity contribution is 6.34. The molecule has 0 aromatic heterocycles. The van der Waals surface area contributed by atoms with Crippen LogP contribution in [0.25, 0.3) is 11.1 Å². The first-order chi connectivity index (χ1) is 23.0. The van der Waals surface area contributed by atoms with Crippen molar-refractivity contribution in [3.63, 3.8) is 0 Å². The van der Waals surface area contributed by atoms with Crippen LogP contribution in [0, 0.1) is 0 Å². The van der Waals surface area contributed by atoms with Gasteiger partial charge in [-0.3, -0.25) is 19.2 Å². The van der Waals surface area contributed by atoms with Gasteiger partial charge < -0.3 is 20.1 Å². The number of halogens is 2. The third-order valence-electron chi connectivity index (χ3n) is 6.79. The number of hydrogen-bond donors (Lipinski definition) is 2. The summed E-state index contributed by atoms with van der Waals surface area (Å²) >= 11 is 13.0. The SMILES string of the molecule is COc1ccccc1NC(=O)C(/N=N/c1ccc(-c2ccc(/N=N/C(C(C)=O)C(=O)Nc3ccccc3OC)c(Cl)c2)cc1Cl)C(C)=O. The number of anilines is 2. The van der Waals surface area contributed by atoms with Crippen molar-refractivity contribution in [2.45, 2.75) is 25.9 Å². The molecule has 2 N–H and O–H groups in total. The van der Waals surface area contributed by atoms with E-state index >= 15 is 0 Å². The van der Waals surface area contributed by atoms with Crippen LogP contribution in [-0.2, 0) is 19.2 Å². The lowest BCUT2D eigenvalue weighted by atomic mass is 10.0. The summed E-state index contributed by atoms with van der Waals surface area (Å²) in [7, 11) is 2.93. The summed E-state index contributed by atoms with van der Waals surface area (Å²) in [5.74, 6) is -1.54. The molecule has 246 valence electrons. The third-order valence-corrected chi connectivity index (χ3v) is 7.39. The minimum atomic E-state index is -1.42. The molecule has 0 aliphatic heterocycles. The molecule has 0 aliphatic carbocycles. The van der Waals surface area contributed by atoms with Crippen molar-refractivity contribution in [3.05, 3.63) is 95.0 Å². The van der Waals surface area contributed by atoms with Crippen molar-refractivity contribution >= 4 is 69.3 Å². The summed E-state index contributed by atoms with van der Waals surface area (Å²) in [6, 6.07) is 20.5.